The number of aromatic amines is 1. The second kappa shape index (κ2) is 7.38. The molecule has 0 spiro atoms. The molecule has 0 saturated carbocycles. The highest BCUT2D eigenvalue weighted by atomic mass is 32.2. The van der Waals surface area contributed by atoms with Gasteiger partial charge in [-0.05, 0) is 63.8 Å². The summed E-state index contributed by atoms with van der Waals surface area (Å²) in [6, 6.07) is 6.39. The maximum absolute atomic E-state index is 12.5. The van der Waals surface area contributed by atoms with Crippen LogP contribution in [0.25, 0.3) is 22.4 Å². The lowest BCUT2D eigenvalue weighted by Gasteiger charge is -2.33. The Kier molecular flexibility index (Phi) is 4.95. The van der Waals surface area contributed by atoms with E-state index in [1.54, 1.807) is 0 Å². The quantitative estimate of drug-likeness (QED) is 0.678. The van der Waals surface area contributed by atoms with Gasteiger partial charge in [-0.3, -0.25) is 4.79 Å². The van der Waals surface area contributed by atoms with E-state index in [1.807, 2.05) is 17.0 Å². The van der Waals surface area contributed by atoms with Gasteiger partial charge in [0.05, 0.1) is 5.75 Å². The number of benzene rings is 1. The topological polar surface area (TPSA) is 75.0 Å². The van der Waals surface area contributed by atoms with Gasteiger partial charge in [-0.25, -0.2) is 0 Å². The minimum Gasteiger partial charge on any atom is -0.411 e. The van der Waals surface area contributed by atoms with Crippen LogP contribution in [0.3, 0.4) is 0 Å². The number of amides is 1. The molecule has 2 aromatic heterocycles. The van der Waals surface area contributed by atoms with Gasteiger partial charge in [0.15, 0.2) is 0 Å². The molecule has 6 nitrogen and oxygen atoms in total. The molecule has 1 aliphatic rings. The molecule has 27 heavy (non-hydrogen) atoms. The molecule has 0 aliphatic carbocycles. The number of carbonyl (C=O) groups is 1. The number of carbonyl (C=O) groups excluding carboxylic acids is 1. The first-order chi connectivity index (χ1) is 13.0. The van der Waals surface area contributed by atoms with Crippen molar-refractivity contribution in [2.75, 3.05) is 12.3 Å². The monoisotopic (exact) mass is 384 g/mol. The van der Waals surface area contributed by atoms with Gasteiger partial charge in [0.25, 0.3) is 5.22 Å². The van der Waals surface area contributed by atoms with Crippen molar-refractivity contribution >= 4 is 28.6 Å². The van der Waals surface area contributed by atoms with Crippen LogP contribution in [-0.4, -0.2) is 44.3 Å². The first-order valence-electron chi connectivity index (χ1n) is 9.38. The molecule has 1 aliphatic heterocycles. The molecule has 0 unspecified atom stereocenters. The lowest BCUT2D eigenvalue weighted by atomic mass is 10.0. The van der Waals surface area contributed by atoms with Gasteiger partial charge in [-0.2, -0.15) is 0 Å². The van der Waals surface area contributed by atoms with E-state index in [-0.39, 0.29) is 5.91 Å². The molecule has 1 N–H and O–H groups in total. The number of piperidine rings is 1. The highest BCUT2D eigenvalue weighted by Gasteiger charge is 2.23. The van der Waals surface area contributed by atoms with Crippen LogP contribution < -0.4 is 0 Å². The van der Waals surface area contributed by atoms with E-state index in [0.29, 0.717) is 22.9 Å². The Morgan fingerprint density at radius 1 is 1.33 bits per heavy atom. The summed E-state index contributed by atoms with van der Waals surface area (Å²) in [5.74, 6) is 0.962. The molecule has 142 valence electrons. The van der Waals surface area contributed by atoms with Gasteiger partial charge < -0.3 is 14.3 Å². The average molecular weight is 385 g/mol. The van der Waals surface area contributed by atoms with Crippen molar-refractivity contribution < 1.29 is 9.21 Å². The second-order valence-corrected chi connectivity index (χ2v) is 8.16. The smallest absolute Gasteiger partial charge is 0.277 e. The van der Waals surface area contributed by atoms with Gasteiger partial charge in [0.2, 0.25) is 11.8 Å². The summed E-state index contributed by atoms with van der Waals surface area (Å²) in [5.41, 5.74) is 4.38. The Morgan fingerprint density at radius 3 is 3.00 bits per heavy atom. The van der Waals surface area contributed by atoms with Crippen LogP contribution >= 0.6 is 11.8 Å². The van der Waals surface area contributed by atoms with Gasteiger partial charge in [0, 0.05) is 34.7 Å². The number of rotatable bonds is 4. The van der Waals surface area contributed by atoms with Gasteiger partial charge in [0.1, 0.15) is 0 Å². The first-order valence-corrected chi connectivity index (χ1v) is 10.4. The van der Waals surface area contributed by atoms with Crippen LogP contribution in [0.2, 0.25) is 0 Å². The third-order valence-electron chi connectivity index (χ3n) is 5.40. The molecule has 0 bridgehead atoms. The summed E-state index contributed by atoms with van der Waals surface area (Å²) in [7, 11) is 0. The van der Waals surface area contributed by atoms with E-state index in [4.69, 9.17) is 4.42 Å². The third kappa shape index (κ3) is 3.60. The molecule has 1 atom stereocenters. The van der Waals surface area contributed by atoms with E-state index in [9.17, 15) is 4.79 Å². The SMILES string of the molecule is Cc1[nH]c2ccc(-c3nnc(SCC(=O)N4CCCC[C@H]4C)o3)cc2c1C. The summed E-state index contributed by atoms with van der Waals surface area (Å²) in [6.07, 6.45) is 3.38. The summed E-state index contributed by atoms with van der Waals surface area (Å²) < 4.78 is 5.79. The number of hydrogen-bond donors (Lipinski definition) is 1. The maximum Gasteiger partial charge on any atom is 0.277 e. The van der Waals surface area contributed by atoms with Crippen molar-refractivity contribution in [1.29, 1.82) is 0 Å². The highest BCUT2D eigenvalue weighted by molar-refractivity contribution is 7.99. The zero-order valence-corrected chi connectivity index (χ0v) is 16.7. The Labute approximate surface area is 162 Å². The second-order valence-electron chi connectivity index (χ2n) is 7.23. The third-order valence-corrected chi connectivity index (χ3v) is 6.21. The van der Waals surface area contributed by atoms with Crippen LogP contribution in [-0.2, 0) is 4.79 Å². The van der Waals surface area contributed by atoms with Gasteiger partial charge in [-0.15, -0.1) is 10.2 Å². The van der Waals surface area contributed by atoms with Crippen molar-refractivity contribution in [3.63, 3.8) is 0 Å². The minimum absolute atomic E-state index is 0.145. The van der Waals surface area contributed by atoms with Crippen LogP contribution in [0.4, 0.5) is 0 Å². The fourth-order valence-electron chi connectivity index (χ4n) is 3.65. The summed E-state index contributed by atoms with van der Waals surface area (Å²) in [6.45, 7) is 7.13. The maximum atomic E-state index is 12.5. The fraction of sp³-hybridized carbons (Fsp3) is 0.450. The van der Waals surface area contributed by atoms with E-state index >= 15 is 0 Å². The summed E-state index contributed by atoms with van der Waals surface area (Å²) >= 11 is 1.31. The predicted octanol–water partition coefficient (Wildman–Crippen LogP) is 4.33. The van der Waals surface area contributed by atoms with Crippen LogP contribution in [0.1, 0.15) is 37.4 Å². The molecule has 3 heterocycles. The molecule has 1 fully saturated rings. The number of H-pyrrole nitrogens is 1. The van der Waals surface area contributed by atoms with Crippen molar-refractivity contribution in [2.45, 2.75) is 51.3 Å². The van der Waals surface area contributed by atoms with Crippen molar-refractivity contribution in [3.05, 3.63) is 29.5 Å². The molecular weight excluding hydrogens is 360 g/mol. The Balaban J connectivity index is 1.45. The number of aryl methyl sites for hydroxylation is 2. The number of fused-ring (bicyclic) bond motifs is 1. The number of likely N-dealkylation sites (tertiary alicyclic amines) is 1. The standard InChI is InChI=1S/C20H24N4O2S/c1-12-6-4-5-9-24(12)18(25)11-27-20-23-22-19(26-20)15-7-8-17-16(10-15)13(2)14(3)21-17/h7-8,10,12,21H,4-6,9,11H2,1-3H3/t12-/m1/s1. The molecule has 1 amide bonds. The molecule has 7 heteroatoms. The van der Waals surface area contributed by atoms with E-state index in [0.717, 1.165) is 41.5 Å². The van der Waals surface area contributed by atoms with Crippen molar-refractivity contribution in [2.24, 2.45) is 0 Å². The van der Waals surface area contributed by atoms with Crippen LogP contribution in [0.15, 0.2) is 27.8 Å². The summed E-state index contributed by atoms with van der Waals surface area (Å²) in [4.78, 5) is 17.8. The van der Waals surface area contributed by atoms with Crippen molar-refractivity contribution in [1.82, 2.24) is 20.1 Å². The zero-order chi connectivity index (χ0) is 19.0. The molecule has 0 radical (unpaired) electrons. The molecule has 1 aromatic carbocycles. The number of nitrogens with one attached hydrogen (secondary N) is 1. The lowest BCUT2D eigenvalue weighted by molar-refractivity contribution is -0.131. The van der Waals surface area contributed by atoms with Gasteiger partial charge >= 0.3 is 0 Å². The molecule has 4 rings (SSSR count). The van der Waals surface area contributed by atoms with E-state index < -0.39 is 0 Å². The Bertz CT molecular complexity index is 978. The Morgan fingerprint density at radius 2 is 2.19 bits per heavy atom. The van der Waals surface area contributed by atoms with Crippen LogP contribution in [0, 0.1) is 13.8 Å². The van der Waals surface area contributed by atoms with E-state index in [1.165, 1.54) is 23.7 Å². The highest BCUT2D eigenvalue weighted by Crippen LogP contribution is 2.29. The number of hydrogen-bond acceptors (Lipinski definition) is 5. The molecule has 3 aromatic rings. The number of nitrogens with zero attached hydrogens (tertiary/aromatic N) is 3. The fourth-order valence-corrected chi connectivity index (χ4v) is 4.30. The number of aromatic nitrogens is 3. The van der Waals surface area contributed by atoms with E-state index in [2.05, 4.69) is 42.0 Å². The normalized spacial score (nSPS) is 17.6. The first kappa shape index (κ1) is 18.1. The lowest BCUT2D eigenvalue weighted by Crippen LogP contribution is -2.42. The Hall–Kier alpha value is -2.28. The minimum atomic E-state index is 0.145. The van der Waals surface area contributed by atoms with Gasteiger partial charge in [-0.1, -0.05) is 11.8 Å². The largest absolute Gasteiger partial charge is 0.411 e. The zero-order valence-electron chi connectivity index (χ0n) is 15.9. The molecule has 1 saturated heterocycles. The van der Waals surface area contributed by atoms with Crippen LogP contribution in [0.5, 0.6) is 0 Å². The predicted molar refractivity (Wildman–Crippen MR) is 107 cm³/mol. The number of thioether (sulfide) groups is 1. The van der Waals surface area contributed by atoms with Crippen molar-refractivity contribution in [3.8, 4) is 11.5 Å². The molecular formula is C20H24N4O2S. The average Bonchev–Trinajstić information content (AvgIpc) is 3.25. The summed E-state index contributed by atoms with van der Waals surface area (Å²) in [5, 5.41) is 9.86.